The minimum atomic E-state index is -0.381. The molecule has 0 bridgehead atoms. The normalized spacial score (nSPS) is 11.7. The third-order valence-electron chi connectivity index (χ3n) is 5.18. The number of aliphatic hydroxyl groups excluding tert-OH is 1. The Morgan fingerprint density at radius 2 is 1.88 bits per heavy atom. The summed E-state index contributed by atoms with van der Waals surface area (Å²) in [6.45, 7) is 0.215. The van der Waals surface area contributed by atoms with Crippen molar-refractivity contribution in [2.24, 2.45) is 0 Å². The number of unbranched alkanes of at least 4 members (excludes halogenated alkanes) is 1. The van der Waals surface area contributed by atoms with Gasteiger partial charge < -0.3 is 15.7 Å². The topological polar surface area (TPSA) is 87.1 Å². The number of anilines is 2. The van der Waals surface area contributed by atoms with Gasteiger partial charge in [-0.2, -0.15) is 0 Å². The molecule has 2 aromatic heterocycles. The molecule has 0 saturated heterocycles. The molecule has 4 rings (SSSR count). The second-order valence-corrected chi connectivity index (χ2v) is 9.32. The van der Waals surface area contributed by atoms with Crippen molar-refractivity contribution in [1.29, 1.82) is 0 Å². The maximum absolute atomic E-state index is 12.7. The molecular formula is C26H26N4O2S2. The second kappa shape index (κ2) is 11.8. The van der Waals surface area contributed by atoms with Crippen LogP contribution in [0.25, 0.3) is 10.6 Å². The number of aryl methyl sites for hydroxylation is 1. The van der Waals surface area contributed by atoms with Crippen LogP contribution in [0.1, 0.15) is 39.0 Å². The van der Waals surface area contributed by atoms with Crippen LogP contribution in [-0.2, 0) is 6.42 Å². The number of hydrogen-bond acceptors (Lipinski definition) is 7. The number of nitrogens with zero attached hydrogens (tertiary/aromatic N) is 2. The highest BCUT2D eigenvalue weighted by atomic mass is 32.1. The van der Waals surface area contributed by atoms with E-state index in [0.717, 1.165) is 41.1 Å². The molecule has 34 heavy (non-hydrogen) atoms. The van der Waals surface area contributed by atoms with E-state index in [-0.39, 0.29) is 17.9 Å². The summed E-state index contributed by atoms with van der Waals surface area (Å²) in [5.74, 6) is 0.314. The van der Waals surface area contributed by atoms with E-state index >= 15 is 0 Å². The number of carbonyl (C=O) groups excluding carboxylic acids is 1. The molecule has 0 fully saturated rings. The largest absolute Gasteiger partial charge is 0.396 e. The third kappa shape index (κ3) is 6.44. The highest BCUT2D eigenvalue weighted by molar-refractivity contribution is 7.80. The van der Waals surface area contributed by atoms with Gasteiger partial charge in [0.1, 0.15) is 0 Å². The molecule has 0 aliphatic rings. The Morgan fingerprint density at radius 3 is 2.71 bits per heavy atom. The van der Waals surface area contributed by atoms with Gasteiger partial charge in [0.05, 0.1) is 20.8 Å². The molecule has 0 unspecified atom stereocenters. The number of carbonyl (C=O) groups is 1. The SMILES string of the molecule is O=C(N[C@H](S)c1ccccc1)c1ccc(-c2ccnc(Nc3cccc(CCCCO)c3)n2)s1. The Labute approximate surface area is 208 Å². The van der Waals surface area contributed by atoms with Crippen molar-refractivity contribution < 1.29 is 9.90 Å². The summed E-state index contributed by atoms with van der Waals surface area (Å²) in [6.07, 6.45) is 4.35. The minimum Gasteiger partial charge on any atom is -0.396 e. The van der Waals surface area contributed by atoms with Gasteiger partial charge in [0, 0.05) is 18.5 Å². The Balaban J connectivity index is 1.42. The van der Waals surface area contributed by atoms with Gasteiger partial charge in [0.2, 0.25) is 5.95 Å². The first-order valence-electron chi connectivity index (χ1n) is 11.1. The van der Waals surface area contributed by atoms with Gasteiger partial charge in [-0.3, -0.25) is 4.79 Å². The van der Waals surface area contributed by atoms with Crippen LogP contribution in [-0.4, -0.2) is 27.6 Å². The fourth-order valence-electron chi connectivity index (χ4n) is 3.44. The zero-order chi connectivity index (χ0) is 23.8. The van der Waals surface area contributed by atoms with Crippen LogP contribution >= 0.6 is 24.0 Å². The number of thiophene rings is 1. The summed E-state index contributed by atoms with van der Waals surface area (Å²) in [4.78, 5) is 23.1. The molecular weight excluding hydrogens is 464 g/mol. The number of rotatable bonds is 10. The van der Waals surface area contributed by atoms with Crippen LogP contribution < -0.4 is 10.6 Å². The highest BCUT2D eigenvalue weighted by Crippen LogP contribution is 2.28. The molecule has 1 amide bonds. The van der Waals surface area contributed by atoms with Crippen LogP contribution in [0, 0.1) is 0 Å². The standard InChI is InChI=1S/C26H26N4O2S2/c31-16-5-4-7-18-8-6-11-20(17-18)28-26-27-15-14-21(29-26)22-12-13-23(34-22)24(32)30-25(33)19-9-2-1-3-10-19/h1-3,6,8-15,17,25,31,33H,4-5,7,16H2,(H,30,32)(H,27,28,29)/t25-/m1/s1. The highest BCUT2D eigenvalue weighted by Gasteiger charge is 2.15. The van der Waals surface area contributed by atoms with Crippen LogP contribution in [0.4, 0.5) is 11.6 Å². The molecule has 4 aromatic rings. The number of nitrogens with one attached hydrogen (secondary N) is 2. The van der Waals surface area contributed by atoms with E-state index in [1.807, 2.05) is 54.6 Å². The van der Waals surface area contributed by atoms with Crippen molar-refractivity contribution in [3.05, 3.63) is 95.0 Å². The van der Waals surface area contributed by atoms with E-state index in [1.54, 1.807) is 12.3 Å². The molecule has 3 N–H and O–H groups in total. The van der Waals surface area contributed by atoms with E-state index in [1.165, 1.54) is 16.9 Å². The molecule has 6 nitrogen and oxygen atoms in total. The summed E-state index contributed by atoms with van der Waals surface area (Å²) in [5, 5.41) is 14.8. The van der Waals surface area contributed by atoms with Gasteiger partial charge in [-0.1, -0.05) is 42.5 Å². The summed E-state index contributed by atoms with van der Waals surface area (Å²) >= 11 is 5.89. The zero-order valence-corrected chi connectivity index (χ0v) is 20.2. The number of aliphatic hydroxyl groups is 1. The molecule has 174 valence electrons. The Kier molecular flexibility index (Phi) is 8.30. The Morgan fingerprint density at radius 1 is 1.03 bits per heavy atom. The van der Waals surface area contributed by atoms with Crippen molar-refractivity contribution in [1.82, 2.24) is 15.3 Å². The molecule has 1 atom stereocenters. The minimum absolute atomic E-state index is 0.175. The number of aromatic nitrogens is 2. The molecule has 0 saturated carbocycles. The van der Waals surface area contributed by atoms with E-state index in [9.17, 15) is 4.79 Å². The van der Waals surface area contributed by atoms with Gasteiger partial charge >= 0.3 is 0 Å². The lowest BCUT2D eigenvalue weighted by molar-refractivity contribution is 0.0954. The van der Waals surface area contributed by atoms with E-state index in [2.05, 4.69) is 45.4 Å². The van der Waals surface area contributed by atoms with Crippen LogP contribution in [0.2, 0.25) is 0 Å². The average Bonchev–Trinajstić information content (AvgIpc) is 3.36. The quantitative estimate of drug-likeness (QED) is 0.132. The lowest BCUT2D eigenvalue weighted by Crippen LogP contribution is -2.24. The van der Waals surface area contributed by atoms with E-state index in [0.29, 0.717) is 10.8 Å². The number of hydrogen-bond donors (Lipinski definition) is 4. The molecule has 0 aliphatic heterocycles. The predicted octanol–water partition coefficient (Wildman–Crippen LogP) is 5.62. The van der Waals surface area contributed by atoms with Gasteiger partial charge in [0.15, 0.2) is 0 Å². The maximum atomic E-state index is 12.7. The lowest BCUT2D eigenvalue weighted by atomic mass is 10.1. The molecule has 0 aliphatic carbocycles. The number of thiol groups is 1. The average molecular weight is 491 g/mol. The van der Waals surface area contributed by atoms with E-state index < -0.39 is 0 Å². The van der Waals surface area contributed by atoms with Crippen LogP contribution in [0.5, 0.6) is 0 Å². The van der Waals surface area contributed by atoms with Gasteiger partial charge in [-0.15, -0.1) is 24.0 Å². The monoisotopic (exact) mass is 490 g/mol. The fourth-order valence-corrected chi connectivity index (χ4v) is 4.61. The third-order valence-corrected chi connectivity index (χ3v) is 6.71. The van der Waals surface area contributed by atoms with Crippen LogP contribution in [0.15, 0.2) is 79.0 Å². The fraction of sp³-hybridized carbons (Fsp3) is 0.192. The summed E-state index contributed by atoms with van der Waals surface area (Å²) in [5.41, 5.74) is 3.78. The Bertz CT molecular complexity index is 1230. The first kappa shape index (κ1) is 23.9. The first-order valence-corrected chi connectivity index (χ1v) is 12.4. The summed E-state index contributed by atoms with van der Waals surface area (Å²) in [7, 11) is 0. The van der Waals surface area contributed by atoms with Crippen molar-refractivity contribution >= 4 is 41.5 Å². The lowest BCUT2D eigenvalue weighted by Gasteiger charge is -2.12. The Hall–Kier alpha value is -3.20. The van der Waals surface area contributed by atoms with Crippen molar-refractivity contribution in [3.8, 4) is 10.6 Å². The van der Waals surface area contributed by atoms with Gasteiger partial charge in [0.25, 0.3) is 5.91 Å². The smallest absolute Gasteiger partial charge is 0.262 e. The second-order valence-electron chi connectivity index (χ2n) is 7.72. The van der Waals surface area contributed by atoms with Crippen molar-refractivity contribution in [2.45, 2.75) is 24.6 Å². The molecule has 2 heterocycles. The molecule has 8 heteroatoms. The summed E-state index contributed by atoms with van der Waals surface area (Å²) in [6, 6.07) is 23.3. The molecule has 0 spiro atoms. The van der Waals surface area contributed by atoms with Gasteiger partial charge in [-0.05, 0) is 60.7 Å². The van der Waals surface area contributed by atoms with Gasteiger partial charge in [-0.25, -0.2) is 9.97 Å². The zero-order valence-electron chi connectivity index (χ0n) is 18.5. The maximum Gasteiger partial charge on any atom is 0.262 e. The van der Waals surface area contributed by atoms with E-state index in [4.69, 9.17) is 5.11 Å². The predicted molar refractivity (Wildman–Crippen MR) is 141 cm³/mol. The van der Waals surface area contributed by atoms with Crippen molar-refractivity contribution in [2.75, 3.05) is 11.9 Å². The summed E-state index contributed by atoms with van der Waals surface area (Å²) < 4.78 is 0. The number of amides is 1. The van der Waals surface area contributed by atoms with Crippen molar-refractivity contribution in [3.63, 3.8) is 0 Å². The number of benzene rings is 2. The first-order chi connectivity index (χ1) is 16.6. The molecule has 2 aromatic carbocycles. The molecule has 0 radical (unpaired) electrons. The van der Waals surface area contributed by atoms with Crippen LogP contribution in [0.3, 0.4) is 0 Å².